The van der Waals surface area contributed by atoms with Gasteiger partial charge in [-0.3, -0.25) is 9.59 Å². The highest BCUT2D eigenvalue weighted by Crippen LogP contribution is 2.30. The van der Waals surface area contributed by atoms with Crippen LogP contribution < -0.4 is 21.3 Å². The van der Waals surface area contributed by atoms with E-state index in [1.54, 1.807) is 23.1 Å². The number of hydrogen-bond acceptors (Lipinski definition) is 4. The van der Waals surface area contributed by atoms with Crippen LogP contribution in [0.5, 0.6) is 0 Å². The minimum atomic E-state index is -4.41. The van der Waals surface area contributed by atoms with E-state index in [9.17, 15) is 22.8 Å². The molecule has 306 valence electrons. The van der Waals surface area contributed by atoms with E-state index < -0.39 is 23.8 Å². The molecule has 9 heteroatoms. The second-order valence-electron chi connectivity index (χ2n) is 14.9. The normalized spacial score (nSPS) is 12.2. The first-order valence-corrected chi connectivity index (χ1v) is 19.7. The molecule has 6 aromatic carbocycles. The summed E-state index contributed by atoms with van der Waals surface area (Å²) < 4.78 is 39.2. The quantitative estimate of drug-likeness (QED) is 0.129. The lowest BCUT2D eigenvalue weighted by atomic mass is 10.0. The lowest BCUT2D eigenvalue weighted by Gasteiger charge is -2.27. The van der Waals surface area contributed by atoms with Gasteiger partial charge in [0.1, 0.15) is 12.1 Å². The third-order valence-electron chi connectivity index (χ3n) is 10.7. The molecule has 6 nitrogen and oxygen atoms in total. The van der Waals surface area contributed by atoms with E-state index in [-0.39, 0.29) is 24.8 Å². The Morgan fingerprint density at radius 2 is 0.966 bits per heavy atom. The van der Waals surface area contributed by atoms with Gasteiger partial charge in [0.15, 0.2) is 0 Å². The van der Waals surface area contributed by atoms with Crippen molar-refractivity contribution in [3.05, 3.63) is 201 Å². The van der Waals surface area contributed by atoms with Gasteiger partial charge in [0.05, 0.1) is 5.56 Å². The van der Waals surface area contributed by atoms with Crippen LogP contribution in [0.15, 0.2) is 146 Å². The first kappa shape index (κ1) is 44.1. The van der Waals surface area contributed by atoms with E-state index in [2.05, 4.69) is 45.0 Å². The number of carbonyl (C=O) groups excluding carboxylic acids is 2. The van der Waals surface area contributed by atoms with Gasteiger partial charge in [0, 0.05) is 24.5 Å². The summed E-state index contributed by atoms with van der Waals surface area (Å²) in [6.07, 6.45) is -3.35. The monoisotopic (exact) mass is 798 g/mol. The van der Waals surface area contributed by atoms with Crippen LogP contribution in [0, 0.1) is 34.6 Å². The van der Waals surface area contributed by atoms with Crippen molar-refractivity contribution in [1.29, 1.82) is 0 Å². The summed E-state index contributed by atoms with van der Waals surface area (Å²) in [5.74, 6) is -0.385. The van der Waals surface area contributed by atoms with Crippen LogP contribution in [0.4, 0.5) is 24.5 Å². The molecule has 0 bridgehead atoms. The molecule has 0 unspecified atom stereocenters. The van der Waals surface area contributed by atoms with Gasteiger partial charge in [-0.25, -0.2) is 0 Å². The minimum Gasteiger partial charge on any atom is -0.316 e. The van der Waals surface area contributed by atoms with E-state index in [0.717, 1.165) is 40.9 Å². The average Bonchev–Trinajstić information content (AvgIpc) is 3.24. The number of amides is 2. The van der Waals surface area contributed by atoms with Crippen LogP contribution in [0.2, 0.25) is 0 Å². The van der Waals surface area contributed by atoms with Crippen molar-refractivity contribution < 1.29 is 22.8 Å². The molecule has 0 heterocycles. The number of alkyl halides is 3. The topological polar surface area (TPSA) is 92.7 Å². The van der Waals surface area contributed by atoms with Gasteiger partial charge in [0.2, 0.25) is 11.8 Å². The highest BCUT2D eigenvalue weighted by atomic mass is 19.4. The summed E-state index contributed by atoms with van der Waals surface area (Å²) in [6, 6.07) is 42.3. The van der Waals surface area contributed by atoms with Crippen molar-refractivity contribution in [2.45, 2.75) is 65.7 Å². The number of anilines is 2. The van der Waals surface area contributed by atoms with Gasteiger partial charge in [-0.15, -0.1) is 0 Å². The van der Waals surface area contributed by atoms with Gasteiger partial charge in [-0.05, 0) is 128 Å². The number of nitrogens with zero attached hydrogens (tertiary/aromatic N) is 2. The van der Waals surface area contributed by atoms with Gasteiger partial charge < -0.3 is 21.3 Å². The Morgan fingerprint density at radius 1 is 0.508 bits per heavy atom. The summed E-state index contributed by atoms with van der Waals surface area (Å²) in [5, 5.41) is 0. The molecular weight excluding hydrogens is 746 g/mol. The zero-order valence-corrected chi connectivity index (χ0v) is 34.3. The second kappa shape index (κ2) is 20.1. The van der Waals surface area contributed by atoms with Crippen LogP contribution in [-0.4, -0.2) is 24.9 Å². The molecule has 0 aliphatic rings. The van der Waals surface area contributed by atoms with Crippen LogP contribution in [-0.2, 0) is 28.6 Å². The zero-order chi connectivity index (χ0) is 42.7. The average molecular weight is 799 g/mol. The smallest absolute Gasteiger partial charge is 0.316 e. The summed E-state index contributed by atoms with van der Waals surface area (Å²) in [7, 11) is 0. The molecule has 0 saturated carbocycles. The van der Waals surface area contributed by atoms with Crippen LogP contribution >= 0.6 is 0 Å². The van der Waals surface area contributed by atoms with Crippen LogP contribution in [0.3, 0.4) is 0 Å². The summed E-state index contributed by atoms with van der Waals surface area (Å²) in [5.41, 5.74) is 22.5. The fourth-order valence-electron chi connectivity index (χ4n) is 6.73. The minimum absolute atomic E-state index is 0.0805. The standard InChI is InChI=1S/C25H25F3N2O.C25H28N2O/c1-17-11-12-22(15-18(17)2)30(24(31)23(29)20-8-4-3-5-9-20)14-13-19-7-6-10-21(16-19)25(26,27)28;1-18-13-14-23(17-20(18)3)27(16-15-21-10-8-7-9-19(21)2)25(28)24(26)22-11-5-4-6-12-22/h3-12,15-16,23H,13-14,29H2,1-2H3;4-14,17,24H,15-16,26H2,1-3H3/t23-;24-/m00/s1. The molecule has 6 rings (SSSR count). The van der Waals surface area contributed by atoms with Crippen molar-refractivity contribution in [2.24, 2.45) is 11.5 Å². The Labute approximate surface area is 346 Å². The lowest BCUT2D eigenvalue weighted by Crippen LogP contribution is -2.40. The Bertz CT molecular complexity index is 2330. The number of hydrogen-bond donors (Lipinski definition) is 2. The molecule has 6 aromatic rings. The van der Waals surface area contributed by atoms with E-state index in [0.29, 0.717) is 23.4 Å². The fraction of sp³-hybridized carbons (Fsp3) is 0.240. The maximum absolute atomic E-state index is 13.3. The number of benzene rings is 6. The highest BCUT2D eigenvalue weighted by molar-refractivity contribution is 5.98. The first-order valence-electron chi connectivity index (χ1n) is 19.7. The van der Waals surface area contributed by atoms with E-state index >= 15 is 0 Å². The van der Waals surface area contributed by atoms with Gasteiger partial charge in [-0.2, -0.15) is 13.2 Å². The van der Waals surface area contributed by atoms with Crippen LogP contribution in [0.25, 0.3) is 0 Å². The maximum atomic E-state index is 13.3. The Kier molecular flexibility index (Phi) is 15.0. The van der Waals surface area contributed by atoms with E-state index in [1.807, 2.05) is 104 Å². The molecule has 4 N–H and O–H groups in total. The number of rotatable bonds is 12. The van der Waals surface area contributed by atoms with E-state index in [4.69, 9.17) is 11.5 Å². The third kappa shape index (κ3) is 11.8. The Morgan fingerprint density at radius 3 is 1.42 bits per heavy atom. The molecule has 0 aliphatic heterocycles. The largest absolute Gasteiger partial charge is 0.416 e. The van der Waals surface area contributed by atoms with Crippen molar-refractivity contribution in [1.82, 2.24) is 0 Å². The Balaban J connectivity index is 0.000000225. The highest BCUT2D eigenvalue weighted by Gasteiger charge is 2.31. The lowest BCUT2D eigenvalue weighted by molar-refractivity contribution is -0.137. The SMILES string of the molecule is Cc1ccc(N(CCc2cccc(C(F)(F)F)c2)C(=O)[C@@H](N)c2ccccc2)cc1C.Cc1ccc(N(CCc2ccccc2C)C(=O)[C@@H](N)c2ccccc2)cc1C. The predicted octanol–water partition coefficient (Wildman–Crippen LogP) is 10.5. The molecular formula is C50H53F3N4O2. The molecule has 0 fully saturated rings. The summed E-state index contributed by atoms with van der Waals surface area (Å²) >= 11 is 0. The van der Waals surface area contributed by atoms with Gasteiger partial charge in [-0.1, -0.05) is 115 Å². The maximum Gasteiger partial charge on any atom is 0.416 e. The van der Waals surface area contributed by atoms with Crippen molar-refractivity contribution in [2.75, 3.05) is 22.9 Å². The van der Waals surface area contributed by atoms with Crippen molar-refractivity contribution in [3.63, 3.8) is 0 Å². The molecule has 2 atom stereocenters. The number of nitrogens with two attached hydrogens (primary N) is 2. The van der Waals surface area contributed by atoms with Crippen molar-refractivity contribution in [3.8, 4) is 0 Å². The molecule has 0 spiro atoms. The zero-order valence-electron chi connectivity index (χ0n) is 34.3. The van der Waals surface area contributed by atoms with Crippen molar-refractivity contribution >= 4 is 23.2 Å². The molecule has 0 aromatic heterocycles. The molecule has 0 saturated heterocycles. The molecule has 2 amide bonds. The molecule has 59 heavy (non-hydrogen) atoms. The number of aryl methyl sites for hydroxylation is 5. The Hall–Kier alpha value is -6.03. The molecule has 0 radical (unpaired) electrons. The number of carbonyl (C=O) groups is 2. The van der Waals surface area contributed by atoms with Crippen LogP contribution in [0.1, 0.15) is 67.7 Å². The first-order chi connectivity index (χ1) is 28.1. The summed E-state index contributed by atoms with van der Waals surface area (Å²) in [4.78, 5) is 30.0. The van der Waals surface area contributed by atoms with E-state index in [1.165, 1.54) is 28.3 Å². The third-order valence-corrected chi connectivity index (χ3v) is 10.7. The molecule has 0 aliphatic carbocycles. The van der Waals surface area contributed by atoms with Gasteiger partial charge >= 0.3 is 6.18 Å². The fourth-order valence-corrected chi connectivity index (χ4v) is 6.73. The second-order valence-corrected chi connectivity index (χ2v) is 14.9. The van der Waals surface area contributed by atoms with Gasteiger partial charge in [0.25, 0.3) is 0 Å². The summed E-state index contributed by atoms with van der Waals surface area (Å²) in [6.45, 7) is 11.0. The predicted molar refractivity (Wildman–Crippen MR) is 233 cm³/mol. The number of halogens is 3.